The lowest BCUT2D eigenvalue weighted by Crippen LogP contribution is -2.09. The second-order valence-corrected chi connectivity index (χ2v) is 3.43. The van der Waals surface area contributed by atoms with Crippen molar-refractivity contribution in [3.05, 3.63) is 33.4 Å². The zero-order valence-electron chi connectivity index (χ0n) is 6.94. The number of nitrogens with two attached hydrogens (primary N) is 1. The Morgan fingerprint density at radius 1 is 1.57 bits per heavy atom. The number of hydrogen-bond donors (Lipinski definition) is 2. The molecule has 7 heteroatoms. The minimum Gasteiger partial charge on any atom is -0.381 e. The highest BCUT2D eigenvalue weighted by Crippen LogP contribution is 2.17. The Morgan fingerprint density at radius 3 is 2.93 bits per heavy atom. The summed E-state index contributed by atoms with van der Waals surface area (Å²) in [7, 11) is 0. The van der Waals surface area contributed by atoms with Crippen LogP contribution in [0.15, 0.2) is 27.9 Å². The molecule has 0 aliphatic rings. The summed E-state index contributed by atoms with van der Waals surface area (Å²) in [5.41, 5.74) is 5.29. The summed E-state index contributed by atoms with van der Waals surface area (Å²) in [6.07, 6.45) is 2.94. The maximum absolute atomic E-state index is 11.0. The molecule has 0 saturated carbocycles. The van der Waals surface area contributed by atoms with E-state index in [9.17, 15) is 4.79 Å². The van der Waals surface area contributed by atoms with E-state index >= 15 is 0 Å². The summed E-state index contributed by atoms with van der Waals surface area (Å²) >= 11 is 3.21. The SMILES string of the molecule is Nc1nn(-c2cc(=O)[nH]cn2)cc1Br. The number of H-pyrrole nitrogens is 1. The molecule has 2 rings (SSSR count). The van der Waals surface area contributed by atoms with E-state index in [4.69, 9.17) is 5.73 Å². The summed E-state index contributed by atoms with van der Waals surface area (Å²) in [6, 6.07) is 1.33. The van der Waals surface area contributed by atoms with Crippen molar-refractivity contribution in [1.82, 2.24) is 19.7 Å². The standard InChI is InChI=1S/C7H6BrN5O/c8-4-2-13(12-7(4)9)5-1-6(14)11-3-10-5/h1-3H,(H2,9,12)(H,10,11,14). The van der Waals surface area contributed by atoms with Gasteiger partial charge in [-0.15, -0.1) is 5.10 Å². The molecule has 0 aliphatic carbocycles. The first-order valence-corrected chi connectivity index (χ1v) is 4.52. The van der Waals surface area contributed by atoms with Crippen LogP contribution in [-0.2, 0) is 0 Å². The Hall–Kier alpha value is -1.63. The molecule has 0 radical (unpaired) electrons. The van der Waals surface area contributed by atoms with Gasteiger partial charge in [0.25, 0.3) is 5.56 Å². The second kappa shape index (κ2) is 3.26. The zero-order chi connectivity index (χ0) is 10.1. The molecule has 0 spiro atoms. The van der Waals surface area contributed by atoms with Crippen LogP contribution in [0.2, 0.25) is 0 Å². The van der Waals surface area contributed by atoms with Gasteiger partial charge >= 0.3 is 0 Å². The van der Waals surface area contributed by atoms with E-state index in [1.54, 1.807) is 6.20 Å². The van der Waals surface area contributed by atoms with E-state index < -0.39 is 0 Å². The normalized spacial score (nSPS) is 10.4. The van der Waals surface area contributed by atoms with Crippen LogP contribution in [-0.4, -0.2) is 19.7 Å². The molecule has 0 atom stereocenters. The fourth-order valence-corrected chi connectivity index (χ4v) is 1.24. The van der Waals surface area contributed by atoms with Gasteiger partial charge in [-0.3, -0.25) is 4.79 Å². The van der Waals surface area contributed by atoms with Gasteiger partial charge < -0.3 is 10.7 Å². The lowest BCUT2D eigenvalue weighted by atomic mass is 10.6. The summed E-state index contributed by atoms with van der Waals surface area (Å²) in [4.78, 5) is 17.3. The molecular weight excluding hydrogens is 250 g/mol. The number of aromatic nitrogens is 4. The topological polar surface area (TPSA) is 89.6 Å². The molecule has 2 aromatic rings. The zero-order valence-corrected chi connectivity index (χ0v) is 8.52. The van der Waals surface area contributed by atoms with Crippen LogP contribution in [0.3, 0.4) is 0 Å². The van der Waals surface area contributed by atoms with Crippen molar-refractivity contribution in [1.29, 1.82) is 0 Å². The van der Waals surface area contributed by atoms with E-state index in [1.807, 2.05) is 0 Å². The summed E-state index contributed by atoms with van der Waals surface area (Å²) in [5.74, 6) is 0.776. The minimum absolute atomic E-state index is 0.236. The molecule has 0 fully saturated rings. The average Bonchev–Trinajstić information content (AvgIpc) is 2.47. The lowest BCUT2D eigenvalue weighted by molar-refractivity contribution is 0.839. The molecule has 3 N–H and O–H groups in total. The van der Waals surface area contributed by atoms with Crippen LogP contribution in [0.25, 0.3) is 5.82 Å². The maximum atomic E-state index is 11.0. The fraction of sp³-hybridized carbons (Fsp3) is 0. The molecule has 14 heavy (non-hydrogen) atoms. The molecule has 72 valence electrons. The first kappa shape index (κ1) is 8.95. The van der Waals surface area contributed by atoms with Crippen molar-refractivity contribution < 1.29 is 0 Å². The Balaban J connectivity index is 2.54. The van der Waals surface area contributed by atoms with Crippen LogP contribution in [0.4, 0.5) is 5.82 Å². The Kier molecular flexibility index (Phi) is 2.08. The third-order valence-corrected chi connectivity index (χ3v) is 2.21. The largest absolute Gasteiger partial charge is 0.381 e. The Bertz CT molecular complexity index is 497. The maximum Gasteiger partial charge on any atom is 0.252 e. The van der Waals surface area contributed by atoms with Gasteiger partial charge in [-0.25, -0.2) is 9.67 Å². The van der Waals surface area contributed by atoms with Crippen LogP contribution >= 0.6 is 15.9 Å². The molecule has 0 amide bonds. The smallest absolute Gasteiger partial charge is 0.252 e. The van der Waals surface area contributed by atoms with Gasteiger partial charge in [0.15, 0.2) is 11.6 Å². The number of hydrogen-bond acceptors (Lipinski definition) is 4. The van der Waals surface area contributed by atoms with Crippen molar-refractivity contribution in [3.63, 3.8) is 0 Å². The van der Waals surface area contributed by atoms with Gasteiger partial charge in [-0.1, -0.05) is 0 Å². The predicted octanol–water partition coefficient (Wildman–Crippen LogP) is 0.300. The van der Waals surface area contributed by atoms with Gasteiger partial charge in [-0.05, 0) is 15.9 Å². The number of nitrogens with one attached hydrogen (secondary N) is 1. The third-order valence-electron chi connectivity index (χ3n) is 1.59. The highest BCUT2D eigenvalue weighted by atomic mass is 79.9. The molecule has 0 bridgehead atoms. The first-order chi connectivity index (χ1) is 6.66. The number of nitrogens with zero attached hydrogens (tertiary/aromatic N) is 3. The molecule has 0 aliphatic heterocycles. The summed E-state index contributed by atoms with van der Waals surface area (Å²) < 4.78 is 2.09. The van der Waals surface area contributed by atoms with Crippen molar-refractivity contribution in [2.45, 2.75) is 0 Å². The van der Waals surface area contributed by atoms with Crippen molar-refractivity contribution in [2.24, 2.45) is 0 Å². The Labute approximate surface area is 86.9 Å². The molecular formula is C7H6BrN5O. The monoisotopic (exact) mass is 255 g/mol. The van der Waals surface area contributed by atoms with E-state index in [0.717, 1.165) is 0 Å². The molecule has 6 nitrogen and oxygen atoms in total. The number of anilines is 1. The highest BCUT2D eigenvalue weighted by molar-refractivity contribution is 9.10. The number of nitrogen functional groups attached to an aromatic ring is 1. The van der Waals surface area contributed by atoms with E-state index in [0.29, 0.717) is 16.1 Å². The average molecular weight is 256 g/mol. The lowest BCUT2D eigenvalue weighted by Gasteiger charge is -1.96. The van der Waals surface area contributed by atoms with Crippen molar-refractivity contribution in [3.8, 4) is 5.82 Å². The molecule has 0 saturated heterocycles. The van der Waals surface area contributed by atoms with E-state index in [1.165, 1.54) is 17.1 Å². The first-order valence-electron chi connectivity index (χ1n) is 3.72. The van der Waals surface area contributed by atoms with E-state index in [-0.39, 0.29) is 5.56 Å². The number of aromatic amines is 1. The van der Waals surface area contributed by atoms with Gasteiger partial charge in [0.1, 0.15) is 0 Å². The van der Waals surface area contributed by atoms with Gasteiger partial charge in [0.2, 0.25) is 0 Å². The fourth-order valence-electron chi connectivity index (χ4n) is 0.967. The van der Waals surface area contributed by atoms with E-state index in [2.05, 4.69) is 31.0 Å². The van der Waals surface area contributed by atoms with Crippen LogP contribution in [0, 0.1) is 0 Å². The third kappa shape index (κ3) is 1.53. The van der Waals surface area contributed by atoms with Crippen molar-refractivity contribution >= 4 is 21.7 Å². The van der Waals surface area contributed by atoms with Crippen molar-refractivity contribution in [2.75, 3.05) is 5.73 Å². The molecule has 2 aromatic heterocycles. The molecule has 2 heterocycles. The summed E-state index contributed by atoms with van der Waals surface area (Å²) in [5, 5.41) is 3.95. The minimum atomic E-state index is -0.236. The quantitative estimate of drug-likeness (QED) is 0.767. The van der Waals surface area contributed by atoms with Gasteiger partial charge in [0.05, 0.1) is 10.8 Å². The number of rotatable bonds is 1. The van der Waals surface area contributed by atoms with Crippen LogP contribution < -0.4 is 11.3 Å². The molecule has 0 aromatic carbocycles. The predicted molar refractivity (Wildman–Crippen MR) is 54.1 cm³/mol. The highest BCUT2D eigenvalue weighted by Gasteiger charge is 2.04. The van der Waals surface area contributed by atoms with Crippen LogP contribution in [0.5, 0.6) is 0 Å². The van der Waals surface area contributed by atoms with Crippen LogP contribution in [0.1, 0.15) is 0 Å². The second-order valence-electron chi connectivity index (χ2n) is 2.58. The Morgan fingerprint density at radius 2 is 2.36 bits per heavy atom. The molecule has 0 unspecified atom stereocenters. The van der Waals surface area contributed by atoms with Gasteiger partial charge in [0, 0.05) is 12.3 Å². The number of halogens is 1. The van der Waals surface area contributed by atoms with Gasteiger partial charge in [-0.2, -0.15) is 0 Å². The summed E-state index contributed by atoms with van der Waals surface area (Å²) in [6.45, 7) is 0.